The van der Waals surface area contributed by atoms with Gasteiger partial charge in [-0.15, -0.1) is 6.58 Å². The van der Waals surface area contributed by atoms with E-state index in [1.54, 1.807) is 6.92 Å². The van der Waals surface area contributed by atoms with Crippen molar-refractivity contribution in [2.45, 2.75) is 27.2 Å². The highest BCUT2D eigenvalue weighted by Crippen LogP contribution is 2.16. The smallest absolute Gasteiger partial charge is 0.133 e. The van der Waals surface area contributed by atoms with E-state index in [4.69, 9.17) is 0 Å². The zero-order valence-corrected chi connectivity index (χ0v) is 7.05. The van der Waals surface area contributed by atoms with Crippen molar-refractivity contribution < 1.29 is 4.79 Å². The zero-order chi connectivity index (χ0) is 8.15. The van der Waals surface area contributed by atoms with Crippen molar-refractivity contribution in [2.75, 3.05) is 0 Å². The first kappa shape index (κ1) is 9.41. The Hall–Kier alpha value is -0.590. The molecule has 0 rings (SSSR count). The van der Waals surface area contributed by atoms with Gasteiger partial charge in [-0.05, 0) is 19.3 Å². The van der Waals surface area contributed by atoms with Gasteiger partial charge in [0.25, 0.3) is 0 Å². The molecule has 0 saturated carbocycles. The SMILES string of the molecule is C=CC(CC)C(C)C(C)=O. The Morgan fingerprint density at radius 2 is 2.20 bits per heavy atom. The fraction of sp³-hybridized carbons (Fsp3) is 0.667. The van der Waals surface area contributed by atoms with Crippen LogP contribution in [0.3, 0.4) is 0 Å². The molecule has 0 bridgehead atoms. The molecule has 0 amide bonds. The van der Waals surface area contributed by atoms with Crippen LogP contribution in [0, 0.1) is 11.8 Å². The summed E-state index contributed by atoms with van der Waals surface area (Å²) in [6.45, 7) is 9.35. The maximum atomic E-state index is 10.9. The molecule has 0 radical (unpaired) electrons. The third-order valence-electron chi connectivity index (χ3n) is 2.06. The minimum absolute atomic E-state index is 0.141. The molecule has 0 heterocycles. The lowest BCUT2D eigenvalue weighted by molar-refractivity contribution is -0.121. The molecule has 0 fully saturated rings. The number of allylic oxidation sites excluding steroid dienone is 1. The van der Waals surface area contributed by atoms with Crippen LogP contribution in [0.1, 0.15) is 27.2 Å². The van der Waals surface area contributed by atoms with Gasteiger partial charge in [0.15, 0.2) is 0 Å². The van der Waals surface area contributed by atoms with E-state index in [0.29, 0.717) is 5.92 Å². The highest BCUT2D eigenvalue weighted by Gasteiger charge is 2.15. The lowest BCUT2D eigenvalue weighted by Crippen LogP contribution is -2.15. The van der Waals surface area contributed by atoms with Crippen LogP contribution in [0.5, 0.6) is 0 Å². The molecule has 0 aliphatic carbocycles. The Balaban J connectivity index is 4.00. The number of carbonyl (C=O) groups is 1. The number of rotatable bonds is 4. The van der Waals surface area contributed by atoms with Crippen LogP contribution in [0.2, 0.25) is 0 Å². The monoisotopic (exact) mass is 140 g/mol. The van der Waals surface area contributed by atoms with E-state index in [2.05, 4.69) is 13.5 Å². The van der Waals surface area contributed by atoms with Gasteiger partial charge in [-0.3, -0.25) is 4.79 Å². The lowest BCUT2D eigenvalue weighted by Gasteiger charge is -2.14. The first-order valence-electron chi connectivity index (χ1n) is 3.76. The minimum atomic E-state index is 0.141. The molecule has 1 heteroatoms. The molecule has 0 spiro atoms. The zero-order valence-electron chi connectivity index (χ0n) is 7.05. The highest BCUT2D eigenvalue weighted by molar-refractivity contribution is 5.78. The van der Waals surface area contributed by atoms with E-state index >= 15 is 0 Å². The van der Waals surface area contributed by atoms with Gasteiger partial charge in [0.1, 0.15) is 5.78 Å². The van der Waals surface area contributed by atoms with E-state index in [9.17, 15) is 4.79 Å². The van der Waals surface area contributed by atoms with Gasteiger partial charge in [0.2, 0.25) is 0 Å². The van der Waals surface area contributed by atoms with Crippen molar-refractivity contribution in [3.8, 4) is 0 Å². The van der Waals surface area contributed by atoms with Crippen molar-refractivity contribution in [2.24, 2.45) is 11.8 Å². The fourth-order valence-corrected chi connectivity index (χ4v) is 1.03. The van der Waals surface area contributed by atoms with Gasteiger partial charge in [-0.2, -0.15) is 0 Å². The van der Waals surface area contributed by atoms with Gasteiger partial charge in [-0.1, -0.05) is 19.9 Å². The Bertz CT molecular complexity index is 127. The summed E-state index contributed by atoms with van der Waals surface area (Å²) in [5, 5.41) is 0. The molecule has 0 aliphatic rings. The Morgan fingerprint density at radius 1 is 1.70 bits per heavy atom. The second-order valence-electron chi connectivity index (χ2n) is 2.71. The maximum absolute atomic E-state index is 10.9. The highest BCUT2D eigenvalue weighted by atomic mass is 16.1. The molecule has 2 unspecified atom stereocenters. The largest absolute Gasteiger partial charge is 0.300 e. The number of hydrogen-bond acceptors (Lipinski definition) is 1. The summed E-state index contributed by atoms with van der Waals surface area (Å²) >= 11 is 0. The summed E-state index contributed by atoms with van der Waals surface area (Å²) in [5.74, 6) is 0.756. The van der Waals surface area contributed by atoms with Crippen LogP contribution in [-0.2, 0) is 4.79 Å². The molecule has 0 saturated heterocycles. The molecule has 0 aromatic carbocycles. The number of Topliss-reactive ketones (excluding diaryl/α,β-unsaturated/α-hetero) is 1. The van der Waals surface area contributed by atoms with Crippen LogP contribution < -0.4 is 0 Å². The summed E-state index contributed by atoms with van der Waals surface area (Å²) in [4.78, 5) is 10.9. The van der Waals surface area contributed by atoms with Crippen molar-refractivity contribution in [1.82, 2.24) is 0 Å². The van der Waals surface area contributed by atoms with Crippen LogP contribution in [-0.4, -0.2) is 5.78 Å². The third-order valence-corrected chi connectivity index (χ3v) is 2.06. The third kappa shape index (κ3) is 2.34. The Kier molecular flexibility index (Phi) is 4.01. The maximum Gasteiger partial charge on any atom is 0.133 e. The van der Waals surface area contributed by atoms with Crippen molar-refractivity contribution in [1.29, 1.82) is 0 Å². The van der Waals surface area contributed by atoms with Crippen molar-refractivity contribution >= 4 is 5.78 Å². The first-order chi connectivity index (χ1) is 4.63. The van der Waals surface area contributed by atoms with Crippen LogP contribution >= 0.6 is 0 Å². The molecule has 0 N–H and O–H groups in total. The van der Waals surface area contributed by atoms with E-state index in [1.807, 2.05) is 13.0 Å². The minimum Gasteiger partial charge on any atom is -0.300 e. The average molecular weight is 140 g/mol. The molecular weight excluding hydrogens is 124 g/mol. The van der Waals surface area contributed by atoms with Gasteiger partial charge in [-0.25, -0.2) is 0 Å². The molecule has 58 valence electrons. The predicted octanol–water partition coefficient (Wildman–Crippen LogP) is 2.42. The van der Waals surface area contributed by atoms with E-state index in [1.165, 1.54) is 0 Å². The number of hydrogen-bond donors (Lipinski definition) is 0. The summed E-state index contributed by atoms with van der Waals surface area (Å²) in [6.07, 6.45) is 2.87. The molecule has 10 heavy (non-hydrogen) atoms. The predicted molar refractivity (Wildman–Crippen MR) is 43.8 cm³/mol. The van der Waals surface area contributed by atoms with Crippen molar-refractivity contribution in [3.63, 3.8) is 0 Å². The Morgan fingerprint density at radius 3 is 2.30 bits per heavy atom. The summed E-state index contributed by atoms with van der Waals surface area (Å²) in [7, 11) is 0. The first-order valence-corrected chi connectivity index (χ1v) is 3.76. The molecule has 0 aliphatic heterocycles. The molecule has 0 aromatic rings. The summed E-state index contributed by atoms with van der Waals surface area (Å²) in [6, 6.07) is 0. The van der Waals surface area contributed by atoms with Crippen LogP contribution in [0.15, 0.2) is 12.7 Å². The fourth-order valence-electron chi connectivity index (χ4n) is 1.03. The van der Waals surface area contributed by atoms with Gasteiger partial charge >= 0.3 is 0 Å². The molecule has 2 atom stereocenters. The number of carbonyl (C=O) groups excluding carboxylic acids is 1. The average Bonchev–Trinajstić information content (AvgIpc) is 1.90. The van der Waals surface area contributed by atoms with Gasteiger partial charge in [0, 0.05) is 5.92 Å². The summed E-state index contributed by atoms with van der Waals surface area (Å²) < 4.78 is 0. The number of ketones is 1. The second-order valence-corrected chi connectivity index (χ2v) is 2.71. The second kappa shape index (κ2) is 4.26. The molecule has 1 nitrogen and oxygen atoms in total. The van der Waals surface area contributed by atoms with Gasteiger partial charge in [0.05, 0.1) is 0 Å². The quantitative estimate of drug-likeness (QED) is 0.548. The lowest BCUT2D eigenvalue weighted by atomic mass is 9.89. The molecule has 0 aromatic heterocycles. The Labute approximate surface area is 63.1 Å². The topological polar surface area (TPSA) is 17.1 Å². The summed E-state index contributed by atoms with van der Waals surface area (Å²) in [5.41, 5.74) is 0. The standard InChI is InChI=1S/C9H16O/c1-5-9(6-2)7(3)8(4)10/h5,7,9H,1,6H2,2-4H3. The van der Waals surface area contributed by atoms with E-state index in [0.717, 1.165) is 6.42 Å². The molecular formula is C9H16O. The van der Waals surface area contributed by atoms with Crippen LogP contribution in [0.4, 0.5) is 0 Å². The van der Waals surface area contributed by atoms with Crippen LogP contribution in [0.25, 0.3) is 0 Å². The normalized spacial score (nSPS) is 15.9. The van der Waals surface area contributed by atoms with E-state index < -0.39 is 0 Å². The van der Waals surface area contributed by atoms with Crippen molar-refractivity contribution in [3.05, 3.63) is 12.7 Å². The van der Waals surface area contributed by atoms with E-state index in [-0.39, 0.29) is 11.7 Å². The van der Waals surface area contributed by atoms with Gasteiger partial charge < -0.3 is 0 Å².